The van der Waals surface area contributed by atoms with E-state index in [0.717, 1.165) is 24.3 Å². The molecule has 0 aliphatic carbocycles. The molecule has 2 fully saturated rings. The standard InChI is InChI=1S/C12H24N2OS/c1-10-9-12(3-6-14(10)2)13-11-4-7-16(15)8-5-11/h10-13H,3-9H2,1-2H3. The molecule has 0 bridgehead atoms. The van der Waals surface area contributed by atoms with Crippen molar-refractivity contribution in [3.63, 3.8) is 0 Å². The highest BCUT2D eigenvalue weighted by Gasteiger charge is 2.26. The summed E-state index contributed by atoms with van der Waals surface area (Å²) in [6.45, 7) is 3.52. The quantitative estimate of drug-likeness (QED) is 0.785. The van der Waals surface area contributed by atoms with E-state index in [2.05, 4.69) is 24.2 Å². The summed E-state index contributed by atoms with van der Waals surface area (Å²) in [5.74, 6) is 1.81. The minimum atomic E-state index is -0.528. The van der Waals surface area contributed by atoms with Gasteiger partial charge in [-0.3, -0.25) is 4.21 Å². The van der Waals surface area contributed by atoms with Gasteiger partial charge in [0, 0.05) is 40.4 Å². The minimum absolute atomic E-state index is 0.528. The Morgan fingerprint density at radius 2 is 1.88 bits per heavy atom. The molecular weight excluding hydrogens is 220 g/mol. The minimum Gasteiger partial charge on any atom is -0.311 e. The fourth-order valence-electron chi connectivity index (χ4n) is 2.73. The molecule has 4 heteroatoms. The molecule has 16 heavy (non-hydrogen) atoms. The van der Waals surface area contributed by atoms with Crippen LogP contribution in [-0.4, -0.2) is 52.3 Å². The molecule has 2 aliphatic heterocycles. The van der Waals surface area contributed by atoms with Crippen molar-refractivity contribution < 1.29 is 4.21 Å². The molecule has 0 aromatic carbocycles. The van der Waals surface area contributed by atoms with Crippen LogP contribution in [0.1, 0.15) is 32.6 Å². The average molecular weight is 244 g/mol. The molecule has 0 spiro atoms. The summed E-state index contributed by atoms with van der Waals surface area (Å²) in [4.78, 5) is 2.44. The molecule has 0 saturated carbocycles. The maximum absolute atomic E-state index is 11.3. The number of nitrogens with zero attached hydrogens (tertiary/aromatic N) is 1. The first-order valence-electron chi connectivity index (χ1n) is 6.46. The summed E-state index contributed by atoms with van der Waals surface area (Å²) in [5, 5.41) is 3.77. The molecule has 2 heterocycles. The molecule has 2 aliphatic rings. The van der Waals surface area contributed by atoms with Gasteiger partial charge in [0.1, 0.15) is 0 Å². The van der Waals surface area contributed by atoms with Crippen molar-refractivity contribution in [1.82, 2.24) is 10.2 Å². The third kappa shape index (κ3) is 3.28. The van der Waals surface area contributed by atoms with E-state index in [-0.39, 0.29) is 0 Å². The van der Waals surface area contributed by atoms with Crippen LogP contribution in [0.4, 0.5) is 0 Å². The van der Waals surface area contributed by atoms with Crippen molar-refractivity contribution in [1.29, 1.82) is 0 Å². The Balaban J connectivity index is 1.75. The van der Waals surface area contributed by atoms with Gasteiger partial charge < -0.3 is 10.2 Å². The first-order chi connectivity index (χ1) is 7.65. The number of hydrogen-bond donors (Lipinski definition) is 1. The van der Waals surface area contributed by atoms with Gasteiger partial charge in [0.2, 0.25) is 0 Å². The van der Waals surface area contributed by atoms with Crippen LogP contribution in [0.5, 0.6) is 0 Å². The summed E-state index contributed by atoms with van der Waals surface area (Å²) >= 11 is 0. The normalized spacial score (nSPS) is 42.1. The number of nitrogens with one attached hydrogen (secondary N) is 1. The lowest BCUT2D eigenvalue weighted by molar-refractivity contribution is 0.161. The van der Waals surface area contributed by atoms with Crippen molar-refractivity contribution >= 4 is 10.8 Å². The first kappa shape index (κ1) is 12.5. The summed E-state index contributed by atoms with van der Waals surface area (Å²) in [6.07, 6.45) is 4.73. The highest BCUT2D eigenvalue weighted by atomic mass is 32.2. The predicted octanol–water partition coefficient (Wildman–Crippen LogP) is 0.970. The van der Waals surface area contributed by atoms with Crippen LogP contribution in [-0.2, 0) is 10.8 Å². The topological polar surface area (TPSA) is 32.3 Å². The third-order valence-corrected chi connectivity index (χ3v) is 5.45. The summed E-state index contributed by atoms with van der Waals surface area (Å²) in [7, 11) is 1.68. The van der Waals surface area contributed by atoms with E-state index in [1.54, 1.807) is 0 Å². The predicted molar refractivity (Wildman–Crippen MR) is 69.1 cm³/mol. The van der Waals surface area contributed by atoms with Gasteiger partial charge in [0.05, 0.1) is 0 Å². The highest BCUT2D eigenvalue weighted by Crippen LogP contribution is 2.18. The van der Waals surface area contributed by atoms with Gasteiger partial charge in [-0.25, -0.2) is 0 Å². The lowest BCUT2D eigenvalue weighted by Crippen LogP contribution is -2.49. The van der Waals surface area contributed by atoms with E-state index in [0.29, 0.717) is 18.1 Å². The molecule has 0 amide bonds. The maximum atomic E-state index is 11.3. The number of rotatable bonds is 2. The molecule has 2 atom stereocenters. The van der Waals surface area contributed by atoms with Crippen molar-refractivity contribution in [3.05, 3.63) is 0 Å². The SMILES string of the molecule is CC1CC(NC2CCS(=O)CC2)CCN1C. The largest absolute Gasteiger partial charge is 0.311 e. The average Bonchev–Trinajstić information content (AvgIpc) is 2.27. The Bertz CT molecular complexity index is 249. The fraction of sp³-hybridized carbons (Fsp3) is 1.00. The second-order valence-corrected chi connectivity index (χ2v) is 7.04. The summed E-state index contributed by atoms with van der Waals surface area (Å²) in [6, 6.07) is 2.00. The van der Waals surface area contributed by atoms with E-state index in [1.165, 1.54) is 19.4 Å². The number of hydrogen-bond acceptors (Lipinski definition) is 3. The number of likely N-dealkylation sites (tertiary alicyclic amines) is 1. The Hall–Kier alpha value is 0.0700. The van der Waals surface area contributed by atoms with Gasteiger partial charge in [-0.2, -0.15) is 0 Å². The fourth-order valence-corrected chi connectivity index (χ4v) is 4.03. The molecule has 0 aromatic rings. The molecule has 3 nitrogen and oxygen atoms in total. The third-order valence-electron chi connectivity index (χ3n) is 4.07. The lowest BCUT2D eigenvalue weighted by Gasteiger charge is -2.38. The van der Waals surface area contributed by atoms with Crippen molar-refractivity contribution in [2.75, 3.05) is 25.1 Å². The van der Waals surface area contributed by atoms with Crippen LogP contribution >= 0.6 is 0 Å². The first-order valence-corrected chi connectivity index (χ1v) is 7.95. The van der Waals surface area contributed by atoms with Crippen molar-refractivity contribution in [2.45, 2.75) is 50.7 Å². The van der Waals surface area contributed by atoms with Crippen LogP contribution in [0.25, 0.3) is 0 Å². The molecule has 1 N–H and O–H groups in total. The molecule has 2 rings (SSSR count). The van der Waals surface area contributed by atoms with Crippen LogP contribution in [0.15, 0.2) is 0 Å². The second-order valence-electron chi connectivity index (χ2n) is 5.34. The Morgan fingerprint density at radius 1 is 1.19 bits per heavy atom. The molecule has 0 aromatic heterocycles. The van der Waals surface area contributed by atoms with E-state index >= 15 is 0 Å². The maximum Gasteiger partial charge on any atom is 0.0249 e. The zero-order chi connectivity index (χ0) is 11.5. The molecule has 94 valence electrons. The van der Waals surface area contributed by atoms with Gasteiger partial charge in [-0.1, -0.05) is 0 Å². The molecule has 2 saturated heterocycles. The lowest BCUT2D eigenvalue weighted by atomic mass is 9.97. The van der Waals surface area contributed by atoms with Crippen molar-refractivity contribution in [2.24, 2.45) is 0 Å². The monoisotopic (exact) mass is 244 g/mol. The Kier molecular flexibility index (Phi) is 4.39. The summed E-state index contributed by atoms with van der Waals surface area (Å²) < 4.78 is 11.3. The van der Waals surface area contributed by atoms with Gasteiger partial charge in [0.25, 0.3) is 0 Å². The van der Waals surface area contributed by atoms with Gasteiger partial charge in [0.15, 0.2) is 0 Å². The zero-order valence-electron chi connectivity index (χ0n) is 10.4. The van der Waals surface area contributed by atoms with Crippen molar-refractivity contribution in [3.8, 4) is 0 Å². The van der Waals surface area contributed by atoms with E-state index in [9.17, 15) is 4.21 Å². The highest BCUT2D eigenvalue weighted by molar-refractivity contribution is 7.85. The van der Waals surface area contributed by atoms with Crippen LogP contribution in [0, 0.1) is 0 Å². The van der Waals surface area contributed by atoms with Gasteiger partial charge in [-0.15, -0.1) is 0 Å². The smallest absolute Gasteiger partial charge is 0.0249 e. The molecule has 0 radical (unpaired) electrons. The van der Waals surface area contributed by atoms with Crippen LogP contribution in [0.2, 0.25) is 0 Å². The number of piperidine rings is 1. The zero-order valence-corrected chi connectivity index (χ0v) is 11.3. The molecular formula is C12H24N2OS. The Morgan fingerprint density at radius 3 is 2.50 bits per heavy atom. The molecule has 2 unspecified atom stereocenters. The van der Waals surface area contributed by atoms with Crippen LogP contribution in [0.3, 0.4) is 0 Å². The summed E-state index contributed by atoms with van der Waals surface area (Å²) in [5.41, 5.74) is 0. The van der Waals surface area contributed by atoms with E-state index in [4.69, 9.17) is 0 Å². The van der Waals surface area contributed by atoms with E-state index in [1.807, 2.05) is 0 Å². The Labute approximate surface area is 101 Å². The van der Waals surface area contributed by atoms with Gasteiger partial charge in [-0.05, 0) is 46.2 Å². The van der Waals surface area contributed by atoms with E-state index < -0.39 is 10.8 Å². The van der Waals surface area contributed by atoms with Gasteiger partial charge >= 0.3 is 0 Å². The van der Waals surface area contributed by atoms with Crippen LogP contribution < -0.4 is 5.32 Å². The second kappa shape index (κ2) is 5.61.